The van der Waals surface area contributed by atoms with Crippen molar-refractivity contribution in [3.63, 3.8) is 0 Å². The van der Waals surface area contributed by atoms with E-state index in [1.807, 2.05) is 0 Å². The number of aliphatic hydroxyl groups is 1. The Balaban J connectivity index is 2.17. The van der Waals surface area contributed by atoms with Crippen LogP contribution in [-0.2, 0) is 38.0 Å². The van der Waals surface area contributed by atoms with Gasteiger partial charge in [0.05, 0.1) is 13.2 Å². The van der Waals surface area contributed by atoms with Crippen LogP contribution in [0.15, 0.2) is 0 Å². The second-order valence-electron chi connectivity index (χ2n) is 6.36. The van der Waals surface area contributed by atoms with E-state index in [1.165, 1.54) is 7.11 Å². The first kappa shape index (κ1) is 20.2. The molecule has 2 fully saturated rings. The zero-order valence-corrected chi connectivity index (χ0v) is 14.9. The van der Waals surface area contributed by atoms with Crippen LogP contribution in [0.3, 0.4) is 0 Å². The summed E-state index contributed by atoms with van der Waals surface area (Å²) >= 11 is 0. The van der Waals surface area contributed by atoms with Gasteiger partial charge in [0.25, 0.3) is 0 Å². The van der Waals surface area contributed by atoms with Gasteiger partial charge in [0.1, 0.15) is 31.2 Å². The number of Topliss-reactive ketones (excluding diaryl/α,β-unsaturated/α-hetero) is 1. The standard InChI is InChI=1S/C16H26O9/c1-5-21-15(19)10-6-9(17)12(18)14(24-10)13(22-8-20-4)11-7-23-16(2,3)25-11/h10-14,18H,5-8H2,1-4H3/t10-,11+,12+,13+,14+/m0/s1. The van der Waals surface area contributed by atoms with E-state index in [0.717, 1.165) is 0 Å². The van der Waals surface area contributed by atoms with Crippen LogP contribution in [0.2, 0.25) is 0 Å². The Hall–Kier alpha value is -1.10. The molecular weight excluding hydrogens is 336 g/mol. The summed E-state index contributed by atoms with van der Waals surface area (Å²) in [5.74, 6) is -2.00. The van der Waals surface area contributed by atoms with Crippen molar-refractivity contribution >= 4 is 11.8 Å². The fourth-order valence-corrected chi connectivity index (χ4v) is 2.87. The van der Waals surface area contributed by atoms with Crippen molar-refractivity contribution in [1.29, 1.82) is 0 Å². The lowest BCUT2D eigenvalue weighted by molar-refractivity contribution is -0.228. The second kappa shape index (κ2) is 8.52. The number of methoxy groups -OCH3 is 1. The van der Waals surface area contributed by atoms with Gasteiger partial charge >= 0.3 is 5.97 Å². The van der Waals surface area contributed by atoms with E-state index >= 15 is 0 Å². The number of ether oxygens (including phenoxy) is 6. The highest BCUT2D eigenvalue weighted by Crippen LogP contribution is 2.31. The molecule has 2 aliphatic rings. The van der Waals surface area contributed by atoms with Crippen LogP contribution in [-0.4, -0.2) is 80.3 Å². The maximum atomic E-state index is 12.1. The number of carbonyl (C=O) groups excluding carboxylic acids is 2. The van der Waals surface area contributed by atoms with Crippen LogP contribution in [0.4, 0.5) is 0 Å². The highest BCUT2D eigenvalue weighted by atomic mass is 16.8. The molecule has 0 unspecified atom stereocenters. The summed E-state index contributed by atoms with van der Waals surface area (Å²) in [4.78, 5) is 24.1. The van der Waals surface area contributed by atoms with Crippen molar-refractivity contribution in [2.75, 3.05) is 27.1 Å². The topological polar surface area (TPSA) is 110 Å². The molecule has 2 aliphatic heterocycles. The van der Waals surface area contributed by atoms with Gasteiger partial charge in [-0.1, -0.05) is 0 Å². The van der Waals surface area contributed by atoms with Crippen LogP contribution >= 0.6 is 0 Å². The fourth-order valence-electron chi connectivity index (χ4n) is 2.87. The number of hydrogen-bond donors (Lipinski definition) is 1. The third-order valence-electron chi connectivity index (χ3n) is 4.00. The minimum atomic E-state index is -1.44. The number of ketones is 1. The van der Waals surface area contributed by atoms with Crippen molar-refractivity contribution < 1.29 is 43.1 Å². The molecule has 0 bridgehead atoms. The van der Waals surface area contributed by atoms with Crippen LogP contribution in [0.1, 0.15) is 27.2 Å². The summed E-state index contributed by atoms with van der Waals surface area (Å²) in [6, 6.07) is 0. The molecule has 0 aromatic heterocycles. The molecule has 0 aromatic rings. The van der Waals surface area contributed by atoms with E-state index < -0.39 is 48.1 Å². The molecule has 9 heteroatoms. The molecule has 9 nitrogen and oxygen atoms in total. The summed E-state index contributed by atoms with van der Waals surface area (Å²) in [6.07, 6.45) is -5.35. The van der Waals surface area contributed by atoms with E-state index in [9.17, 15) is 14.7 Å². The van der Waals surface area contributed by atoms with Gasteiger partial charge in [-0.2, -0.15) is 0 Å². The summed E-state index contributed by atoms with van der Waals surface area (Å²) in [5.41, 5.74) is 0. The predicted molar refractivity (Wildman–Crippen MR) is 82.6 cm³/mol. The SMILES string of the molecule is CCOC(=O)[C@@H]1CC(=O)[C@@H](O)[C@H]([C@H](OCOC)[C@H]2COC(C)(C)O2)O1. The number of rotatable bonds is 7. The van der Waals surface area contributed by atoms with Gasteiger partial charge in [0, 0.05) is 13.5 Å². The third-order valence-corrected chi connectivity index (χ3v) is 4.00. The lowest BCUT2D eigenvalue weighted by atomic mass is 9.93. The quantitative estimate of drug-likeness (QED) is 0.485. The molecule has 0 saturated carbocycles. The Morgan fingerprint density at radius 1 is 1.44 bits per heavy atom. The monoisotopic (exact) mass is 362 g/mol. The van der Waals surface area contributed by atoms with E-state index in [1.54, 1.807) is 20.8 Å². The van der Waals surface area contributed by atoms with Crippen molar-refractivity contribution in [1.82, 2.24) is 0 Å². The van der Waals surface area contributed by atoms with Crippen molar-refractivity contribution in [3.8, 4) is 0 Å². The maximum absolute atomic E-state index is 12.1. The van der Waals surface area contributed by atoms with Crippen molar-refractivity contribution in [2.45, 2.75) is 63.5 Å². The molecule has 0 aromatic carbocycles. The smallest absolute Gasteiger partial charge is 0.335 e. The Kier molecular flexibility index (Phi) is 6.89. The molecule has 0 aliphatic carbocycles. The largest absolute Gasteiger partial charge is 0.464 e. The third kappa shape index (κ3) is 4.96. The Bertz CT molecular complexity index is 478. The van der Waals surface area contributed by atoms with Gasteiger partial charge < -0.3 is 33.5 Å². The zero-order valence-electron chi connectivity index (χ0n) is 14.9. The van der Waals surface area contributed by atoms with Gasteiger partial charge in [-0.05, 0) is 20.8 Å². The molecular formula is C16H26O9. The lowest BCUT2D eigenvalue weighted by Gasteiger charge is -2.38. The van der Waals surface area contributed by atoms with Crippen molar-refractivity contribution in [2.24, 2.45) is 0 Å². The number of carbonyl (C=O) groups is 2. The van der Waals surface area contributed by atoms with Crippen LogP contribution < -0.4 is 0 Å². The number of esters is 1. The normalized spacial score (nSPS) is 33.2. The molecule has 5 atom stereocenters. The molecule has 2 rings (SSSR count). The molecule has 0 amide bonds. The van der Waals surface area contributed by atoms with E-state index in [2.05, 4.69) is 0 Å². The Morgan fingerprint density at radius 3 is 2.72 bits per heavy atom. The lowest BCUT2D eigenvalue weighted by Crippen LogP contribution is -2.57. The molecule has 2 heterocycles. The van der Waals surface area contributed by atoms with Gasteiger partial charge in [-0.3, -0.25) is 4.79 Å². The predicted octanol–water partition coefficient (Wildman–Crippen LogP) is -0.222. The average Bonchev–Trinajstić information content (AvgIpc) is 2.91. The number of hydrogen-bond acceptors (Lipinski definition) is 9. The Morgan fingerprint density at radius 2 is 2.16 bits per heavy atom. The highest BCUT2D eigenvalue weighted by molar-refractivity contribution is 5.90. The summed E-state index contributed by atoms with van der Waals surface area (Å²) in [5, 5.41) is 10.3. The van der Waals surface area contributed by atoms with Crippen molar-refractivity contribution in [3.05, 3.63) is 0 Å². The molecule has 25 heavy (non-hydrogen) atoms. The minimum Gasteiger partial charge on any atom is -0.464 e. The summed E-state index contributed by atoms with van der Waals surface area (Å²) in [7, 11) is 1.44. The first-order valence-electron chi connectivity index (χ1n) is 8.24. The van der Waals surface area contributed by atoms with Gasteiger partial charge in [-0.15, -0.1) is 0 Å². The summed E-state index contributed by atoms with van der Waals surface area (Å²) in [6.45, 7) is 5.39. The van der Waals surface area contributed by atoms with Gasteiger partial charge in [-0.25, -0.2) is 4.79 Å². The summed E-state index contributed by atoms with van der Waals surface area (Å²) < 4.78 is 32.4. The first-order valence-corrected chi connectivity index (χ1v) is 8.24. The van der Waals surface area contributed by atoms with E-state index in [0.29, 0.717) is 0 Å². The second-order valence-corrected chi connectivity index (χ2v) is 6.36. The van der Waals surface area contributed by atoms with E-state index in [4.69, 9.17) is 28.4 Å². The molecule has 0 spiro atoms. The fraction of sp³-hybridized carbons (Fsp3) is 0.875. The first-order chi connectivity index (χ1) is 11.8. The van der Waals surface area contributed by atoms with Crippen LogP contribution in [0.5, 0.6) is 0 Å². The maximum Gasteiger partial charge on any atom is 0.335 e. The Labute approximate surface area is 146 Å². The molecule has 0 radical (unpaired) electrons. The van der Waals surface area contributed by atoms with Gasteiger partial charge in [0.15, 0.2) is 17.7 Å². The average molecular weight is 362 g/mol. The highest BCUT2D eigenvalue weighted by Gasteiger charge is 2.49. The molecule has 1 N–H and O–H groups in total. The minimum absolute atomic E-state index is 0.101. The molecule has 2 saturated heterocycles. The van der Waals surface area contributed by atoms with Crippen LogP contribution in [0.25, 0.3) is 0 Å². The zero-order chi connectivity index (χ0) is 18.6. The van der Waals surface area contributed by atoms with Crippen LogP contribution in [0, 0.1) is 0 Å². The molecule has 144 valence electrons. The van der Waals surface area contributed by atoms with Gasteiger partial charge in [0.2, 0.25) is 0 Å². The number of aliphatic hydroxyl groups excluding tert-OH is 1. The van der Waals surface area contributed by atoms with E-state index in [-0.39, 0.29) is 26.4 Å².